The average Bonchev–Trinajstić information content (AvgIpc) is 3.07. The Morgan fingerprint density at radius 1 is 1.42 bits per heavy atom. The number of thioether (sulfide) groups is 1. The quantitative estimate of drug-likeness (QED) is 0.923. The topological polar surface area (TPSA) is 63.8 Å². The minimum atomic E-state index is -0.380. The number of rotatable bonds is 3. The van der Waals surface area contributed by atoms with Crippen LogP contribution in [0.4, 0.5) is 4.39 Å². The van der Waals surface area contributed by atoms with Gasteiger partial charge in [-0.3, -0.25) is 0 Å². The van der Waals surface area contributed by atoms with E-state index in [0.29, 0.717) is 23.5 Å². The van der Waals surface area contributed by atoms with Crippen molar-refractivity contribution in [2.45, 2.75) is 12.0 Å². The van der Waals surface area contributed by atoms with Gasteiger partial charge in [0.25, 0.3) is 0 Å². The third-order valence-corrected chi connectivity index (χ3v) is 4.36. The van der Waals surface area contributed by atoms with Gasteiger partial charge < -0.3 is 9.84 Å². The number of hydrogen-bond donors (Lipinski definition) is 1. The van der Waals surface area contributed by atoms with Crippen LogP contribution in [-0.4, -0.2) is 39.7 Å². The van der Waals surface area contributed by atoms with Crippen LogP contribution in [0.15, 0.2) is 22.9 Å². The Morgan fingerprint density at radius 3 is 3.05 bits per heavy atom. The van der Waals surface area contributed by atoms with Crippen molar-refractivity contribution in [2.24, 2.45) is 0 Å². The van der Waals surface area contributed by atoms with Gasteiger partial charge in [0.05, 0.1) is 12.1 Å². The van der Waals surface area contributed by atoms with Gasteiger partial charge in [-0.05, 0) is 19.2 Å². The normalized spacial score (nSPS) is 22.8. The molecule has 2 aromatic rings. The summed E-state index contributed by atoms with van der Waals surface area (Å²) in [5.74, 6) is 2.86. The van der Waals surface area contributed by atoms with Crippen LogP contribution >= 0.6 is 11.8 Å². The van der Waals surface area contributed by atoms with Gasteiger partial charge in [0.1, 0.15) is 11.5 Å². The summed E-state index contributed by atoms with van der Waals surface area (Å²) in [6, 6.07) is 3.22. The van der Waals surface area contributed by atoms with Crippen LogP contribution in [0, 0.1) is 5.82 Å². The van der Waals surface area contributed by atoms with E-state index in [4.69, 9.17) is 4.52 Å². The molecule has 2 atom stereocenters. The van der Waals surface area contributed by atoms with E-state index in [1.807, 2.05) is 18.8 Å². The van der Waals surface area contributed by atoms with Gasteiger partial charge in [-0.25, -0.2) is 9.37 Å². The summed E-state index contributed by atoms with van der Waals surface area (Å²) in [4.78, 5) is 8.32. The van der Waals surface area contributed by atoms with Gasteiger partial charge in [-0.2, -0.15) is 16.7 Å². The monoisotopic (exact) mass is 280 g/mol. The zero-order valence-electron chi connectivity index (χ0n) is 10.3. The second-order valence-electron chi connectivity index (χ2n) is 4.36. The number of likely N-dealkylation sites (N-methyl/N-ethyl adjacent to an activating group) is 1. The highest BCUT2D eigenvalue weighted by atomic mass is 32.2. The SMILES string of the molecule is CNC1CSCC1c1nc(-c2ccc(F)cn2)no1. The van der Waals surface area contributed by atoms with Crippen LogP contribution in [0.1, 0.15) is 11.8 Å². The third-order valence-electron chi connectivity index (χ3n) is 3.17. The van der Waals surface area contributed by atoms with Crippen molar-refractivity contribution in [2.75, 3.05) is 18.6 Å². The Balaban J connectivity index is 1.85. The lowest BCUT2D eigenvalue weighted by molar-refractivity contribution is 0.344. The van der Waals surface area contributed by atoms with Crippen molar-refractivity contribution in [3.05, 3.63) is 30.0 Å². The van der Waals surface area contributed by atoms with Crippen LogP contribution in [0.5, 0.6) is 0 Å². The number of hydrogen-bond acceptors (Lipinski definition) is 6. The van der Waals surface area contributed by atoms with E-state index in [1.165, 1.54) is 6.07 Å². The maximum absolute atomic E-state index is 12.8. The fourth-order valence-electron chi connectivity index (χ4n) is 2.08. The summed E-state index contributed by atoms with van der Waals surface area (Å²) in [7, 11) is 1.93. The number of aromatic nitrogens is 3. The Bertz CT molecular complexity index is 559. The molecule has 100 valence electrons. The van der Waals surface area contributed by atoms with Crippen LogP contribution in [0.3, 0.4) is 0 Å². The van der Waals surface area contributed by atoms with E-state index in [9.17, 15) is 4.39 Å². The molecule has 0 amide bonds. The van der Waals surface area contributed by atoms with Gasteiger partial charge in [0.2, 0.25) is 11.7 Å². The fourth-order valence-corrected chi connectivity index (χ4v) is 3.50. The zero-order valence-corrected chi connectivity index (χ0v) is 11.2. The third kappa shape index (κ3) is 2.48. The highest BCUT2D eigenvalue weighted by molar-refractivity contribution is 7.99. The molecule has 7 heteroatoms. The lowest BCUT2D eigenvalue weighted by atomic mass is 10.0. The molecule has 1 N–H and O–H groups in total. The summed E-state index contributed by atoms with van der Waals surface area (Å²) < 4.78 is 18.1. The molecule has 1 aliphatic rings. The molecular weight excluding hydrogens is 267 g/mol. The number of pyridine rings is 1. The first kappa shape index (κ1) is 12.6. The van der Waals surface area contributed by atoms with E-state index in [1.54, 1.807) is 6.07 Å². The van der Waals surface area contributed by atoms with E-state index in [-0.39, 0.29) is 11.7 Å². The molecule has 1 fully saturated rings. The molecule has 5 nitrogen and oxygen atoms in total. The van der Waals surface area contributed by atoms with Crippen molar-refractivity contribution < 1.29 is 8.91 Å². The van der Waals surface area contributed by atoms with Crippen LogP contribution in [0.2, 0.25) is 0 Å². The molecule has 0 radical (unpaired) electrons. The predicted molar refractivity (Wildman–Crippen MR) is 70.4 cm³/mol. The summed E-state index contributed by atoms with van der Waals surface area (Å²) >= 11 is 1.86. The Morgan fingerprint density at radius 2 is 2.32 bits per heavy atom. The minimum Gasteiger partial charge on any atom is -0.339 e. The lowest BCUT2D eigenvalue weighted by Gasteiger charge is -2.13. The van der Waals surface area contributed by atoms with Gasteiger partial charge in [-0.15, -0.1) is 0 Å². The van der Waals surface area contributed by atoms with E-state index < -0.39 is 0 Å². The number of nitrogens with zero attached hydrogens (tertiary/aromatic N) is 3. The number of nitrogens with one attached hydrogen (secondary N) is 1. The summed E-state index contributed by atoms with van der Waals surface area (Å²) in [6.07, 6.45) is 1.15. The molecule has 1 saturated heterocycles. The number of halogens is 1. The van der Waals surface area contributed by atoms with Gasteiger partial charge in [0, 0.05) is 17.5 Å². The molecule has 3 heterocycles. The van der Waals surface area contributed by atoms with Crippen LogP contribution in [-0.2, 0) is 0 Å². The Hall–Kier alpha value is -1.47. The van der Waals surface area contributed by atoms with Crippen molar-refractivity contribution in [3.8, 4) is 11.5 Å². The molecule has 0 spiro atoms. The maximum atomic E-state index is 12.8. The van der Waals surface area contributed by atoms with Crippen molar-refractivity contribution >= 4 is 11.8 Å². The van der Waals surface area contributed by atoms with Crippen molar-refractivity contribution in [3.63, 3.8) is 0 Å². The second-order valence-corrected chi connectivity index (χ2v) is 5.43. The van der Waals surface area contributed by atoms with Crippen LogP contribution < -0.4 is 5.32 Å². The predicted octanol–water partition coefficient (Wildman–Crippen LogP) is 1.69. The van der Waals surface area contributed by atoms with E-state index >= 15 is 0 Å². The van der Waals surface area contributed by atoms with Gasteiger partial charge in [-0.1, -0.05) is 5.16 Å². The van der Waals surface area contributed by atoms with Crippen molar-refractivity contribution in [1.29, 1.82) is 0 Å². The highest BCUT2D eigenvalue weighted by Crippen LogP contribution is 2.32. The molecule has 1 aliphatic heterocycles. The molecule has 2 aromatic heterocycles. The zero-order chi connectivity index (χ0) is 13.2. The molecule has 0 bridgehead atoms. The molecular formula is C12H13FN4OS. The first-order chi connectivity index (χ1) is 9.28. The average molecular weight is 280 g/mol. The van der Waals surface area contributed by atoms with E-state index in [0.717, 1.165) is 17.7 Å². The van der Waals surface area contributed by atoms with Crippen LogP contribution in [0.25, 0.3) is 11.5 Å². The first-order valence-electron chi connectivity index (χ1n) is 5.98. The van der Waals surface area contributed by atoms with Crippen molar-refractivity contribution in [1.82, 2.24) is 20.4 Å². The van der Waals surface area contributed by atoms with E-state index in [2.05, 4.69) is 20.4 Å². The molecule has 0 aromatic carbocycles. The largest absolute Gasteiger partial charge is 0.339 e. The molecule has 3 rings (SSSR count). The standard InChI is InChI=1S/C12H13FN4OS/c1-14-10-6-19-5-8(10)12-16-11(17-18-12)9-3-2-7(13)4-15-9/h2-4,8,10,14H,5-6H2,1H3. The lowest BCUT2D eigenvalue weighted by Crippen LogP contribution is -2.31. The maximum Gasteiger partial charge on any atom is 0.232 e. The Labute approximate surface area is 114 Å². The summed E-state index contributed by atoms with van der Waals surface area (Å²) in [6.45, 7) is 0. The smallest absolute Gasteiger partial charge is 0.232 e. The first-order valence-corrected chi connectivity index (χ1v) is 7.14. The fraction of sp³-hybridized carbons (Fsp3) is 0.417. The Kier molecular flexibility index (Phi) is 3.48. The second kappa shape index (κ2) is 5.26. The van der Waals surface area contributed by atoms with Gasteiger partial charge in [0.15, 0.2) is 0 Å². The molecule has 0 saturated carbocycles. The summed E-state index contributed by atoms with van der Waals surface area (Å²) in [5.41, 5.74) is 0.517. The molecule has 0 aliphatic carbocycles. The minimum absolute atomic E-state index is 0.219. The molecule has 2 unspecified atom stereocenters. The molecule has 19 heavy (non-hydrogen) atoms. The highest BCUT2D eigenvalue weighted by Gasteiger charge is 2.32. The van der Waals surface area contributed by atoms with Gasteiger partial charge >= 0.3 is 0 Å². The summed E-state index contributed by atoms with van der Waals surface area (Å²) in [5, 5.41) is 7.18.